The van der Waals surface area contributed by atoms with Gasteiger partial charge in [0.05, 0.1) is 24.6 Å². The Kier molecular flexibility index (Phi) is 6.10. The lowest BCUT2D eigenvalue weighted by Crippen LogP contribution is -2.35. The summed E-state index contributed by atoms with van der Waals surface area (Å²) < 4.78 is 10.5. The van der Waals surface area contributed by atoms with E-state index >= 15 is 0 Å². The molecule has 27 heavy (non-hydrogen) atoms. The van der Waals surface area contributed by atoms with E-state index in [1.165, 1.54) is 6.26 Å². The third-order valence-corrected chi connectivity index (χ3v) is 4.24. The van der Waals surface area contributed by atoms with Crippen LogP contribution in [0.15, 0.2) is 69.9 Å². The fourth-order valence-electron chi connectivity index (χ4n) is 2.76. The van der Waals surface area contributed by atoms with E-state index in [1.54, 1.807) is 36.3 Å². The van der Waals surface area contributed by atoms with Crippen molar-refractivity contribution in [2.75, 3.05) is 6.54 Å². The summed E-state index contributed by atoms with van der Waals surface area (Å²) in [6, 6.07) is 14.9. The second-order valence-electron chi connectivity index (χ2n) is 6.21. The molecule has 0 spiro atoms. The summed E-state index contributed by atoms with van der Waals surface area (Å²) in [5, 5.41) is 2.80. The molecule has 0 aliphatic rings. The van der Waals surface area contributed by atoms with Crippen molar-refractivity contribution >= 4 is 11.8 Å². The molecule has 0 fully saturated rings. The van der Waals surface area contributed by atoms with Gasteiger partial charge in [-0.15, -0.1) is 0 Å². The standard InChI is InChI=1S/C21H22N2O4/c1-16-19(10-13-26-16)21(25)23(15-17-6-3-2-4-7-17)11-9-20(24)22-14-18-8-5-12-27-18/h2-8,10,12-13H,9,11,14-15H2,1H3,(H,22,24). The van der Waals surface area contributed by atoms with Crippen LogP contribution in [0.4, 0.5) is 0 Å². The molecule has 0 aliphatic carbocycles. The lowest BCUT2D eigenvalue weighted by molar-refractivity contribution is -0.121. The van der Waals surface area contributed by atoms with E-state index in [0.717, 1.165) is 5.56 Å². The number of aryl methyl sites for hydroxylation is 1. The van der Waals surface area contributed by atoms with E-state index in [-0.39, 0.29) is 18.2 Å². The molecule has 140 valence electrons. The molecular formula is C21H22N2O4. The van der Waals surface area contributed by atoms with Gasteiger partial charge in [0.15, 0.2) is 0 Å². The van der Waals surface area contributed by atoms with Crippen molar-refractivity contribution in [2.24, 2.45) is 0 Å². The van der Waals surface area contributed by atoms with Crippen molar-refractivity contribution in [3.05, 3.63) is 83.7 Å². The fraction of sp³-hybridized carbons (Fsp3) is 0.238. The number of nitrogens with zero attached hydrogens (tertiary/aromatic N) is 1. The smallest absolute Gasteiger partial charge is 0.257 e. The molecule has 6 nitrogen and oxygen atoms in total. The van der Waals surface area contributed by atoms with Gasteiger partial charge in [-0.05, 0) is 30.7 Å². The highest BCUT2D eigenvalue weighted by Crippen LogP contribution is 2.15. The zero-order valence-corrected chi connectivity index (χ0v) is 15.2. The van der Waals surface area contributed by atoms with E-state index in [0.29, 0.717) is 36.7 Å². The van der Waals surface area contributed by atoms with E-state index in [2.05, 4.69) is 5.32 Å². The van der Waals surface area contributed by atoms with Crippen LogP contribution in [0.5, 0.6) is 0 Å². The van der Waals surface area contributed by atoms with Gasteiger partial charge >= 0.3 is 0 Å². The first-order chi connectivity index (χ1) is 13.1. The molecule has 0 saturated heterocycles. The predicted molar refractivity (Wildman–Crippen MR) is 99.8 cm³/mol. The third-order valence-electron chi connectivity index (χ3n) is 4.24. The molecule has 0 radical (unpaired) electrons. The van der Waals surface area contributed by atoms with Crippen LogP contribution in [0.3, 0.4) is 0 Å². The Morgan fingerprint density at radius 2 is 1.81 bits per heavy atom. The minimum Gasteiger partial charge on any atom is -0.469 e. The highest BCUT2D eigenvalue weighted by molar-refractivity contribution is 5.95. The van der Waals surface area contributed by atoms with E-state index in [4.69, 9.17) is 8.83 Å². The Labute approximate surface area is 157 Å². The lowest BCUT2D eigenvalue weighted by atomic mass is 10.1. The van der Waals surface area contributed by atoms with Gasteiger partial charge in [0.1, 0.15) is 11.5 Å². The topological polar surface area (TPSA) is 75.7 Å². The van der Waals surface area contributed by atoms with E-state index in [9.17, 15) is 9.59 Å². The van der Waals surface area contributed by atoms with Crippen molar-refractivity contribution in [1.29, 1.82) is 0 Å². The number of furan rings is 2. The number of nitrogens with one attached hydrogen (secondary N) is 1. The van der Waals surface area contributed by atoms with Crippen LogP contribution in [0.1, 0.15) is 33.9 Å². The Morgan fingerprint density at radius 3 is 2.48 bits per heavy atom. The molecular weight excluding hydrogens is 344 g/mol. The van der Waals surface area contributed by atoms with Crippen molar-refractivity contribution in [1.82, 2.24) is 10.2 Å². The number of rotatable bonds is 8. The summed E-state index contributed by atoms with van der Waals surface area (Å²) in [4.78, 5) is 26.7. The molecule has 1 aromatic carbocycles. The number of carbonyl (C=O) groups is 2. The summed E-state index contributed by atoms with van der Waals surface area (Å²) in [7, 11) is 0. The van der Waals surface area contributed by atoms with E-state index < -0.39 is 0 Å². The van der Waals surface area contributed by atoms with Gasteiger partial charge in [-0.3, -0.25) is 9.59 Å². The highest BCUT2D eigenvalue weighted by atomic mass is 16.3. The molecule has 3 rings (SSSR count). The van der Waals surface area contributed by atoms with Gasteiger partial charge in [-0.25, -0.2) is 0 Å². The molecule has 1 N–H and O–H groups in total. The normalized spacial score (nSPS) is 10.6. The third kappa shape index (κ3) is 5.10. The Morgan fingerprint density at radius 1 is 1.00 bits per heavy atom. The van der Waals surface area contributed by atoms with Crippen LogP contribution in [-0.4, -0.2) is 23.3 Å². The quantitative estimate of drug-likeness (QED) is 0.662. The first kappa shape index (κ1) is 18.5. The average molecular weight is 366 g/mol. The maximum atomic E-state index is 12.9. The summed E-state index contributed by atoms with van der Waals surface area (Å²) in [6.07, 6.45) is 3.27. The van der Waals surface area contributed by atoms with Gasteiger partial charge < -0.3 is 19.1 Å². The minimum atomic E-state index is -0.149. The summed E-state index contributed by atoms with van der Waals surface area (Å²) >= 11 is 0. The largest absolute Gasteiger partial charge is 0.469 e. The average Bonchev–Trinajstić information content (AvgIpc) is 3.35. The van der Waals surface area contributed by atoms with Gasteiger partial charge in [-0.1, -0.05) is 30.3 Å². The second-order valence-corrected chi connectivity index (χ2v) is 6.21. The Hall–Kier alpha value is -3.28. The van der Waals surface area contributed by atoms with Crippen molar-refractivity contribution < 1.29 is 18.4 Å². The van der Waals surface area contributed by atoms with Gasteiger partial charge in [0.25, 0.3) is 5.91 Å². The number of hydrogen-bond acceptors (Lipinski definition) is 4. The zero-order valence-electron chi connectivity index (χ0n) is 15.2. The minimum absolute atomic E-state index is 0.138. The maximum Gasteiger partial charge on any atom is 0.257 e. The molecule has 3 aromatic rings. The van der Waals surface area contributed by atoms with Crippen LogP contribution in [0, 0.1) is 6.92 Å². The molecule has 2 amide bonds. The van der Waals surface area contributed by atoms with E-state index in [1.807, 2.05) is 30.3 Å². The first-order valence-corrected chi connectivity index (χ1v) is 8.80. The number of amides is 2. The molecule has 2 heterocycles. The SMILES string of the molecule is Cc1occc1C(=O)N(CCC(=O)NCc1ccco1)Cc1ccccc1. The first-order valence-electron chi connectivity index (χ1n) is 8.80. The summed E-state index contributed by atoms with van der Waals surface area (Å²) in [6.45, 7) is 2.82. The lowest BCUT2D eigenvalue weighted by Gasteiger charge is -2.22. The number of benzene rings is 1. The van der Waals surface area contributed by atoms with Gasteiger partial charge in [0.2, 0.25) is 5.91 Å². The molecule has 0 saturated carbocycles. The predicted octanol–water partition coefficient (Wildman–Crippen LogP) is 3.53. The number of carbonyl (C=O) groups excluding carboxylic acids is 2. The molecule has 2 aromatic heterocycles. The number of hydrogen-bond donors (Lipinski definition) is 1. The summed E-state index contributed by atoms with van der Waals surface area (Å²) in [5.74, 6) is 0.972. The highest BCUT2D eigenvalue weighted by Gasteiger charge is 2.20. The second kappa shape index (κ2) is 8.89. The monoisotopic (exact) mass is 366 g/mol. The van der Waals surface area contributed by atoms with Crippen LogP contribution >= 0.6 is 0 Å². The molecule has 0 unspecified atom stereocenters. The van der Waals surface area contributed by atoms with Crippen molar-refractivity contribution in [2.45, 2.75) is 26.4 Å². The molecule has 6 heteroatoms. The molecule has 0 bridgehead atoms. The van der Waals surface area contributed by atoms with Gasteiger partial charge in [-0.2, -0.15) is 0 Å². The van der Waals surface area contributed by atoms with Gasteiger partial charge in [0, 0.05) is 19.5 Å². The fourth-order valence-corrected chi connectivity index (χ4v) is 2.76. The zero-order chi connectivity index (χ0) is 19.1. The Bertz CT molecular complexity index is 869. The molecule has 0 aliphatic heterocycles. The van der Waals surface area contributed by atoms with Crippen LogP contribution in [-0.2, 0) is 17.9 Å². The van der Waals surface area contributed by atoms with Crippen molar-refractivity contribution in [3.8, 4) is 0 Å². The Balaban J connectivity index is 1.63. The van der Waals surface area contributed by atoms with Crippen LogP contribution in [0.25, 0.3) is 0 Å². The maximum absolute atomic E-state index is 12.9. The molecule has 0 atom stereocenters. The van der Waals surface area contributed by atoms with Crippen LogP contribution < -0.4 is 5.32 Å². The summed E-state index contributed by atoms with van der Waals surface area (Å²) in [5.41, 5.74) is 1.52. The van der Waals surface area contributed by atoms with Crippen molar-refractivity contribution in [3.63, 3.8) is 0 Å². The van der Waals surface area contributed by atoms with Crippen LogP contribution in [0.2, 0.25) is 0 Å².